The monoisotopic (exact) mass is 404 g/mol. The minimum Gasteiger partial charge on any atom is -0.478 e. The lowest BCUT2D eigenvalue weighted by Crippen LogP contribution is -2.03. The second-order valence-electron chi connectivity index (χ2n) is 4.77. The molecular formula is C18H28O10. The van der Waals surface area contributed by atoms with E-state index in [0.29, 0.717) is 6.42 Å². The summed E-state index contributed by atoms with van der Waals surface area (Å²) in [6.45, 7) is 9.12. The average molecular weight is 404 g/mol. The van der Waals surface area contributed by atoms with Crippen LogP contribution < -0.4 is 0 Å². The zero-order valence-electron chi connectivity index (χ0n) is 15.8. The molecule has 0 radical (unpaired) electrons. The van der Waals surface area contributed by atoms with Crippen LogP contribution in [0, 0.1) is 5.92 Å². The number of carboxylic acids is 4. The van der Waals surface area contributed by atoms with E-state index in [2.05, 4.69) is 13.2 Å². The summed E-state index contributed by atoms with van der Waals surface area (Å²) < 4.78 is 0. The Morgan fingerprint density at radius 2 is 1.14 bits per heavy atom. The van der Waals surface area contributed by atoms with Gasteiger partial charge in [-0.05, 0) is 19.3 Å². The fraction of sp³-hybridized carbons (Fsp3) is 0.333. The maximum absolute atomic E-state index is 10.1. The van der Waals surface area contributed by atoms with Crippen molar-refractivity contribution in [1.82, 2.24) is 0 Å². The van der Waals surface area contributed by atoms with Gasteiger partial charge in [-0.25, -0.2) is 19.2 Å². The molecule has 0 aromatic heterocycles. The van der Waals surface area contributed by atoms with Crippen LogP contribution in [-0.4, -0.2) is 67.2 Å². The van der Waals surface area contributed by atoms with Crippen LogP contribution in [-0.2, 0) is 19.2 Å². The molecule has 0 aromatic carbocycles. The third-order valence-corrected chi connectivity index (χ3v) is 1.95. The Kier molecular flexibility index (Phi) is 27.5. The number of allylic oxidation sites excluding steroid dienone is 2. The standard InChI is InChI=1S/C9H12O4.C3H8O2.2C3H4O2/c1-7(5-6-9(12)13)3-2-4-8(10)11;1-3(5)2-4;2*1-2-3(4)5/h2,4-7H,3H2,1H3,(H,10,11)(H,12,13);3-5H,2H2,1H3;2*2H,1H2,(H,4,5). The van der Waals surface area contributed by atoms with Crippen molar-refractivity contribution in [2.24, 2.45) is 5.92 Å². The van der Waals surface area contributed by atoms with Gasteiger partial charge in [0.15, 0.2) is 0 Å². The molecular weight excluding hydrogens is 376 g/mol. The number of aliphatic carboxylic acids is 4. The molecule has 0 spiro atoms. The zero-order valence-corrected chi connectivity index (χ0v) is 15.8. The quantitative estimate of drug-likeness (QED) is 0.320. The summed E-state index contributed by atoms with van der Waals surface area (Å²) in [5, 5.41) is 47.7. The first-order valence-corrected chi connectivity index (χ1v) is 7.64. The molecule has 10 nitrogen and oxygen atoms in total. The van der Waals surface area contributed by atoms with Crippen LogP contribution in [0.3, 0.4) is 0 Å². The molecule has 0 fully saturated rings. The van der Waals surface area contributed by atoms with Gasteiger partial charge >= 0.3 is 23.9 Å². The Labute approximate surface area is 163 Å². The minimum atomic E-state index is -0.992. The smallest absolute Gasteiger partial charge is 0.327 e. The third-order valence-electron chi connectivity index (χ3n) is 1.95. The molecule has 0 aliphatic rings. The summed E-state index contributed by atoms with van der Waals surface area (Å²) in [5.41, 5.74) is 0. The van der Waals surface area contributed by atoms with E-state index < -0.39 is 30.0 Å². The van der Waals surface area contributed by atoms with E-state index >= 15 is 0 Å². The van der Waals surface area contributed by atoms with Crippen molar-refractivity contribution in [2.75, 3.05) is 6.61 Å². The highest BCUT2D eigenvalue weighted by Gasteiger charge is 1.95. The lowest BCUT2D eigenvalue weighted by Gasteiger charge is -1.98. The van der Waals surface area contributed by atoms with Gasteiger partial charge in [0.25, 0.3) is 0 Å². The second kappa shape index (κ2) is 23.8. The van der Waals surface area contributed by atoms with Crippen LogP contribution in [0.1, 0.15) is 20.3 Å². The molecule has 0 aliphatic heterocycles. The highest BCUT2D eigenvalue weighted by molar-refractivity contribution is 5.80. The van der Waals surface area contributed by atoms with E-state index in [1.54, 1.807) is 0 Å². The molecule has 28 heavy (non-hydrogen) atoms. The van der Waals surface area contributed by atoms with Gasteiger partial charge in [-0.1, -0.05) is 32.2 Å². The second-order valence-corrected chi connectivity index (χ2v) is 4.77. The predicted molar refractivity (Wildman–Crippen MR) is 102 cm³/mol. The SMILES string of the molecule is C=CC(=O)O.C=CC(=O)O.CC(C=CC(=O)O)CC=CC(=O)O.CC(O)CO. The van der Waals surface area contributed by atoms with Gasteiger partial charge in [-0.3, -0.25) is 0 Å². The summed E-state index contributed by atoms with van der Waals surface area (Å²) in [7, 11) is 0. The van der Waals surface area contributed by atoms with Gasteiger partial charge in [0, 0.05) is 24.3 Å². The summed E-state index contributed by atoms with van der Waals surface area (Å²) in [6.07, 6.45) is 6.75. The molecule has 0 saturated carbocycles. The maximum atomic E-state index is 10.1. The van der Waals surface area contributed by atoms with Crippen molar-refractivity contribution in [3.8, 4) is 0 Å². The number of aliphatic hydroxyl groups is 2. The normalized spacial score (nSPS) is 11.3. The molecule has 0 saturated heterocycles. The van der Waals surface area contributed by atoms with E-state index in [-0.39, 0.29) is 12.5 Å². The van der Waals surface area contributed by atoms with E-state index in [1.165, 1.54) is 19.1 Å². The molecule has 10 heteroatoms. The number of hydrogen-bond donors (Lipinski definition) is 6. The van der Waals surface area contributed by atoms with Gasteiger partial charge < -0.3 is 30.6 Å². The highest BCUT2D eigenvalue weighted by Crippen LogP contribution is 2.04. The molecule has 0 aromatic rings. The van der Waals surface area contributed by atoms with Crippen LogP contribution in [0.2, 0.25) is 0 Å². The first-order valence-electron chi connectivity index (χ1n) is 7.64. The molecule has 0 heterocycles. The van der Waals surface area contributed by atoms with Gasteiger partial charge in [-0.2, -0.15) is 0 Å². The topological polar surface area (TPSA) is 190 Å². The Morgan fingerprint density at radius 3 is 1.36 bits per heavy atom. The minimum absolute atomic E-state index is 0.0340. The molecule has 6 N–H and O–H groups in total. The molecule has 160 valence electrons. The van der Waals surface area contributed by atoms with Crippen molar-refractivity contribution in [3.05, 3.63) is 49.6 Å². The van der Waals surface area contributed by atoms with Gasteiger partial charge in [0.2, 0.25) is 0 Å². The molecule has 0 rings (SSSR count). The number of rotatable bonds is 8. The van der Waals surface area contributed by atoms with Crippen molar-refractivity contribution < 1.29 is 49.8 Å². The van der Waals surface area contributed by atoms with E-state index in [1.807, 2.05) is 6.92 Å². The number of carbonyl (C=O) groups is 4. The number of carboxylic acid groups (broad SMARTS) is 4. The summed E-state index contributed by atoms with van der Waals surface area (Å²) >= 11 is 0. The van der Waals surface area contributed by atoms with Crippen molar-refractivity contribution >= 4 is 23.9 Å². The number of hydrogen-bond acceptors (Lipinski definition) is 6. The van der Waals surface area contributed by atoms with Gasteiger partial charge in [0.1, 0.15) is 0 Å². The number of aliphatic hydroxyl groups excluding tert-OH is 2. The van der Waals surface area contributed by atoms with Crippen LogP contribution in [0.4, 0.5) is 0 Å². The zero-order chi connectivity index (χ0) is 23.1. The van der Waals surface area contributed by atoms with Crippen molar-refractivity contribution in [1.29, 1.82) is 0 Å². The summed E-state index contributed by atoms with van der Waals surface area (Å²) in [6, 6.07) is 0. The van der Waals surface area contributed by atoms with E-state index in [0.717, 1.165) is 24.3 Å². The third kappa shape index (κ3) is 56.9. The average Bonchev–Trinajstić information content (AvgIpc) is 2.61. The maximum Gasteiger partial charge on any atom is 0.327 e. The van der Waals surface area contributed by atoms with Crippen LogP contribution in [0.15, 0.2) is 49.6 Å². The van der Waals surface area contributed by atoms with Gasteiger partial charge in [0.05, 0.1) is 12.7 Å². The van der Waals surface area contributed by atoms with Crippen molar-refractivity contribution in [2.45, 2.75) is 26.4 Å². The Bertz CT molecular complexity index is 514. The predicted octanol–water partition coefficient (Wildman–Crippen LogP) is 1.17. The fourth-order valence-corrected chi connectivity index (χ4v) is 0.709. The summed E-state index contributed by atoms with van der Waals surface area (Å²) in [5.74, 6) is -3.91. The molecule has 0 aliphatic carbocycles. The van der Waals surface area contributed by atoms with E-state index in [4.69, 9.17) is 30.6 Å². The van der Waals surface area contributed by atoms with Crippen LogP contribution >= 0.6 is 0 Å². The Balaban J connectivity index is -0.000000159. The highest BCUT2D eigenvalue weighted by atomic mass is 16.4. The fourth-order valence-electron chi connectivity index (χ4n) is 0.709. The molecule has 2 atom stereocenters. The van der Waals surface area contributed by atoms with E-state index in [9.17, 15) is 19.2 Å². The molecule has 0 amide bonds. The Morgan fingerprint density at radius 1 is 0.821 bits per heavy atom. The molecule has 2 unspecified atom stereocenters. The lowest BCUT2D eigenvalue weighted by molar-refractivity contribution is -0.132. The first-order chi connectivity index (χ1) is 12.8. The largest absolute Gasteiger partial charge is 0.478 e. The van der Waals surface area contributed by atoms with Crippen LogP contribution in [0.5, 0.6) is 0 Å². The summed E-state index contributed by atoms with van der Waals surface area (Å²) in [4.78, 5) is 38.6. The molecule has 0 bridgehead atoms. The van der Waals surface area contributed by atoms with Gasteiger partial charge in [-0.15, -0.1) is 0 Å². The lowest BCUT2D eigenvalue weighted by atomic mass is 10.1. The Hall–Kier alpha value is -3.24. The van der Waals surface area contributed by atoms with Crippen LogP contribution in [0.25, 0.3) is 0 Å². The van der Waals surface area contributed by atoms with Crippen molar-refractivity contribution in [3.63, 3.8) is 0 Å². The first kappa shape index (κ1) is 32.4.